The van der Waals surface area contributed by atoms with E-state index >= 15 is 0 Å². The van der Waals surface area contributed by atoms with Crippen molar-refractivity contribution in [3.8, 4) is 34.9 Å². The van der Waals surface area contributed by atoms with Gasteiger partial charge in [-0.25, -0.2) is 4.98 Å². The summed E-state index contributed by atoms with van der Waals surface area (Å²) in [6.45, 7) is 7.60. The van der Waals surface area contributed by atoms with E-state index in [9.17, 15) is 4.79 Å². The summed E-state index contributed by atoms with van der Waals surface area (Å²) in [6.07, 6.45) is 1.43. The Morgan fingerprint density at radius 3 is 2.03 bits per heavy atom. The molecule has 188 valence electrons. The molecule has 4 rings (SSSR count). The number of rotatable bonds is 7. The van der Waals surface area contributed by atoms with Gasteiger partial charge in [-0.3, -0.25) is 4.79 Å². The average Bonchev–Trinajstić information content (AvgIpc) is 2.91. The Labute approximate surface area is 221 Å². The van der Waals surface area contributed by atoms with Gasteiger partial charge >= 0.3 is 0 Å². The number of nitrogens with zero attached hydrogens (tertiary/aromatic N) is 4. The smallest absolute Gasteiger partial charge is 0.258 e. The number of ether oxygens (including phenoxy) is 1. The number of nitrogens with one attached hydrogen (secondary N) is 2. The highest BCUT2D eigenvalue weighted by Crippen LogP contribution is 2.34. The van der Waals surface area contributed by atoms with Gasteiger partial charge in [0.05, 0.1) is 23.3 Å². The lowest BCUT2D eigenvalue weighted by Crippen LogP contribution is -2.30. The van der Waals surface area contributed by atoms with Gasteiger partial charge in [-0.15, -0.1) is 0 Å². The van der Waals surface area contributed by atoms with Gasteiger partial charge < -0.3 is 15.4 Å². The topological polar surface area (TPSA) is 124 Å². The highest BCUT2D eigenvalue weighted by atomic mass is 16.5. The van der Waals surface area contributed by atoms with Crippen LogP contribution in [-0.4, -0.2) is 21.9 Å². The van der Waals surface area contributed by atoms with Gasteiger partial charge in [0.15, 0.2) is 0 Å². The van der Waals surface area contributed by atoms with E-state index in [2.05, 4.69) is 32.7 Å². The van der Waals surface area contributed by atoms with Crippen LogP contribution in [0.3, 0.4) is 0 Å². The number of hydrogen-bond acceptors (Lipinski definition) is 7. The predicted octanol–water partition coefficient (Wildman–Crippen LogP) is 6.18. The predicted molar refractivity (Wildman–Crippen MR) is 145 cm³/mol. The largest absolute Gasteiger partial charge is 0.437 e. The second-order valence-corrected chi connectivity index (χ2v) is 9.09. The molecule has 2 N–H and O–H groups in total. The summed E-state index contributed by atoms with van der Waals surface area (Å²) in [4.78, 5) is 21.7. The summed E-state index contributed by atoms with van der Waals surface area (Å²) in [5.74, 6) is 0.607. The zero-order valence-electron chi connectivity index (χ0n) is 21.5. The van der Waals surface area contributed by atoms with E-state index in [1.165, 1.54) is 6.20 Å². The van der Waals surface area contributed by atoms with E-state index in [-0.39, 0.29) is 29.3 Å². The summed E-state index contributed by atoms with van der Waals surface area (Å²) >= 11 is 0. The lowest BCUT2D eigenvalue weighted by atomic mass is 9.99. The monoisotopic (exact) mass is 502 g/mol. The third-order valence-corrected chi connectivity index (χ3v) is 5.69. The van der Waals surface area contributed by atoms with Crippen LogP contribution in [0.1, 0.15) is 46.5 Å². The Morgan fingerprint density at radius 2 is 1.47 bits per heavy atom. The molecule has 0 bridgehead atoms. The number of hydrogen-bond donors (Lipinski definition) is 2. The van der Waals surface area contributed by atoms with Gasteiger partial charge in [0.2, 0.25) is 11.8 Å². The molecule has 0 saturated heterocycles. The Bertz CT molecular complexity index is 1540. The third kappa shape index (κ3) is 5.95. The molecule has 0 atom stereocenters. The fourth-order valence-electron chi connectivity index (χ4n) is 3.87. The Balaban J connectivity index is 1.69. The minimum absolute atomic E-state index is 0.0815. The van der Waals surface area contributed by atoms with Crippen molar-refractivity contribution in [2.24, 2.45) is 0 Å². The molecule has 0 aliphatic heterocycles. The van der Waals surface area contributed by atoms with E-state index in [1.54, 1.807) is 36.4 Å². The van der Waals surface area contributed by atoms with Gasteiger partial charge in [-0.1, -0.05) is 12.1 Å². The van der Waals surface area contributed by atoms with Crippen molar-refractivity contribution >= 4 is 17.5 Å². The SMILES string of the molecule is Cc1cc(-c2ccc(C#N)cc2)cc(C)c1Oc1nc(Nc2ccc(C#N)cc2)ncc1C(=O)NC(C)C. The molecule has 38 heavy (non-hydrogen) atoms. The minimum atomic E-state index is -0.343. The minimum Gasteiger partial charge on any atom is -0.437 e. The van der Waals surface area contributed by atoms with Crippen molar-refractivity contribution in [3.05, 3.63) is 94.7 Å². The number of benzene rings is 3. The first-order valence-electron chi connectivity index (χ1n) is 12.0. The van der Waals surface area contributed by atoms with Crippen LogP contribution in [0.25, 0.3) is 11.1 Å². The fourth-order valence-corrected chi connectivity index (χ4v) is 3.87. The lowest BCUT2D eigenvalue weighted by Gasteiger charge is -2.17. The molecule has 1 aromatic heterocycles. The molecular weight excluding hydrogens is 476 g/mol. The zero-order valence-corrected chi connectivity index (χ0v) is 21.5. The fraction of sp³-hybridized carbons (Fsp3) is 0.167. The van der Waals surface area contributed by atoms with E-state index in [4.69, 9.17) is 15.3 Å². The number of aromatic nitrogens is 2. The van der Waals surface area contributed by atoms with Gasteiger partial charge in [-0.2, -0.15) is 15.5 Å². The van der Waals surface area contributed by atoms with Gasteiger partial charge in [0, 0.05) is 17.9 Å². The van der Waals surface area contributed by atoms with Crippen molar-refractivity contribution in [3.63, 3.8) is 0 Å². The van der Waals surface area contributed by atoms with Crippen molar-refractivity contribution in [2.75, 3.05) is 5.32 Å². The van der Waals surface area contributed by atoms with Gasteiger partial charge in [-0.05, 0) is 98.5 Å². The first-order chi connectivity index (χ1) is 18.3. The van der Waals surface area contributed by atoms with Gasteiger partial charge in [0.1, 0.15) is 11.3 Å². The highest BCUT2D eigenvalue weighted by molar-refractivity contribution is 5.96. The number of anilines is 2. The van der Waals surface area contributed by atoms with E-state index < -0.39 is 0 Å². The first kappa shape index (κ1) is 25.9. The summed E-state index contributed by atoms with van der Waals surface area (Å²) in [6, 6.07) is 22.4. The van der Waals surface area contributed by atoms with E-state index in [1.807, 2.05) is 52.0 Å². The van der Waals surface area contributed by atoms with Crippen LogP contribution >= 0.6 is 0 Å². The van der Waals surface area contributed by atoms with Crippen LogP contribution < -0.4 is 15.4 Å². The van der Waals surface area contributed by atoms with Crippen LogP contribution in [0.2, 0.25) is 0 Å². The summed E-state index contributed by atoms with van der Waals surface area (Å²) in [5.41, 5.74) is 5.72. The summed E-state index contributed by atoms with van der Waals surface area (Å²) in [5, 5.41) is 24.1. The quantitative estimate of drug-likeness (QED) is 0.309. The molecule has 8 nitrogen and oxygen atoms in total. The lowest BCUT2D eigenvalue weighted by molar-refractivity contribution is 0.0939. The highest BCUT2D eigenvalue weighted by Gasteiger charge is 2.20. The Hall–Kier alpha value is -5.21. The molecule has 1 amide bonds. The number of carbonyl (C=O) groups excluding carboxylic acids is 1. The van der Waals surface area contributed by atoms with Crippen LogP contribution in [0.5, 0.6) is 11.6 Å². The molecule has 4 aromatic rings. The average molecular weight is 503 g/mol. The Morgan fingerprint density at radius 1 is 0.895 bits per heavy atom. The van der Waals surface area contributed by atoms with E-state index in [0.717, 1.165) is 22.3 Å². The van der Waals surface area contributed by atoms with Crippen molar-refractivity contribution in [1.82, 2.24) is 15.3 Å². The number of amides is 1. The molecule has 8 heteroatoms. The van der Waals surface area contributed by atoms with Crippen LogP contribution in [0.15, 0.2) is 66.9 Å². The van der Waals surface area contributed by atoms with Crippen LogP contribution in [0.4, 0.5) is 11.6 Å². The Kier molecular flexibility index (Phi) is 7.65. The van der Waals surface area contributed by atoms with Gasteiger partial charge in [0.25, 0.3) is 5.91 Å². The number of carbonyl (C=O) groups is 1. The molecule has 0 saturated carbocycles. The molecule has 0 unspecified atom stereocenters. The third-order valence-electron chi connectivity index (χ3n) is 5.69. The summed E-state index contributed by atoms with van der Waals surface area (Å²) in [7, 11) is 0. The molecule has 0 fully saturated rings. The maximum absolute atomic E-state index is 12.9. The molecule has 0 radical (unpaired) electrons. The second kappa shape index (κ2) is 11.2. The molecular formula is C30H26N6O2. The first-order valence-corrected chi connectivity index (χ1v) is 12.0. The normalized spacial score (nSPS) is 10.4. The zero-order chi connectivity index (χ0) is 27.2. The molecule has 3 aromatic carbocycles. The molecule has 0 aliphatic rings. The van der Waals surface area contributed by atoms with E-state index in [0.29, 0.717) is 22.6 Å². The molecule has 0 spiro atoms. The number of nitriles is 2. The number of aryl methyl sites for hydroxylation is 2. The van der Waals surface area contributed by atoms with Crippen molar-refractivity contribution in [2.45, 2.75) is 33.7 Å². The second-order valence-electron chi connectivity index (χ2n) is 9.09. The maximum atomic E-state index is 12.9. The maximum Gasteiger partial charge on any atom is 0.258 e. The standard InChI is InChI=1S/C30H26N6O2/c1-18(2)34-28(37)26-17-33-30(35-25-11-7-22(16-32)8-12-25)36-29(26)38-27-19(3)13-24(14-20(27)4)23-9-5-21(15-31)6-10-23/h5-14,17-18H,1-4H3,(H,34,37)(H,33,35,36). The molecule has 0 aliphatic carbocycles. The van der Waals surface area contributed by atoms with Crippen molar-refractivity contribution in [1.29, 1.82) is 10.5 Å². The van der Waals surface area contributed by atoms with Crippen molar-refractivity contribution < 1.29 is 9.53 Å². The summed E-state index contributed by atoms with van der Waals surface area (Å²) < 4.78 is 6.28. The van der Waals surface area contributed by atoms with Crippen LogP contribution in [-0.2, 0) is 0 Å². The van der Waals surface area contributed by atoms with Crippen LogP contribution in [0, 0.1) is 36.5 Å². The molecule has 1 heterocycles.